The lowest BCUT2D eigenvalue weighted by Gasteiger charge is -2.18. The molecule has 0 aliphatic carbocycles. The minimum absolute atomic E-state index is 0.00796. The average molecular weight is 242 g/mol. The predicted octanol–water partition coefficient (Wildman–Crippen LogP) is 2.84. The van der Waals surface area contributed by atoms with Gasteiger partial charge < -0.3 is 0 Å². The van der Waals surface area contributed by atoms with Crippen LogP contribution < -0.4 is 5.43 Å². The quantitative estimate of drug-likeness (QED) is 0.770. The van der Waals surface area contributed by atoms with Crippen molar-refractivity contribution in [1.82, 2.24) is 9.78 Å². The third kappa shape index (κ3) is 2.50. The Kier molecular flexibility index (Phi) is 3.07. The summed E-state index contributed by atoms with van der Waals surface area (Å²) in [5, 5.41) is 4.46. The van der Waals surface area contributed by atoms with Gasteiger partial charge in [0.25, 0.3) is 0 Å². The topological polar surface area (TPSA) is 34.9 Å². The highest BCUT2D eigenvalue weighted by Gasteiger charge is 2.19. The molecule has 18 heavy (non-hydrogen) atoms. The van der Waals surface area contributed by atoms with Crippen LogP contribution in [-0.2, 0) is 5.41 Å². The molecule has 1 heterocycles. The van der Waals surface area contributed by atoms with E-state index in [9.17, 15) is 4.79 Å². The van der Waals surface area contributed by atoms with Crippen molar-refractivity contribution in [3.63, 3.8) is 0 Å². The minimum atomic E-state index is -0.246. The lowest BCUT2D eigenvalue weighted by molar-refractivity contribution is 0.542. The molecule has 2 rings (SSSR count). The van der Waals surface area contributed by atoms with Gasteiger partial charge in [-0.3, -0.25) is 4.79 Å². The van der Waals surface area contributed by atoms with Crippen LogP contribution in [0, 0.1) is 6.92 Å². The standard InChI is InChI=1S/C15H18N2O/c1-11-6-5-7-12(10-11)17-9-8-13(18)14(16-17)15(2,3)4/h5-10H,1-4H3. The van der Waals surface area contributed by atoms with E-state index in [-0.39, 0.29) is 10.8 Å². The van der Waals surface area contributed by atoms with Gasteiger partial charge in [0, 0.05) is 17.7 Å². The van der Waals surface area contributed by atoms with Crippen LogP contribution in [0.5, 0.6) is 0 Å². The van der Waals surface area contributed by atoms with Crippen molar-refractivity contribution in [2.24, 2.45) is 0 Å². The Morgan fingerprint density at radius 3 is 2.50 bits per heavy atom. The molecule has 0 saturated carbocycles. The third-order valence-corrected chi connectivity index (χ3v) is 2.78. The Hall–Kier alpha value is -1.90. The number of nitrogens with zero attached hydrogens (tertiary/aromatic N) is 2. The molecule has 0 radical (unpaired) electrons. The number of hydrogen-bond acceptors (Lipinski definition) is 2. The summed E-state index contributed by atoms with van der Waals surface area (Å²) < 4.78 is 1.76. The van der Waals surface area contributed by atoms with Gasteiger partial charge in [-0.05, 0) is 24.6 Å². The lowest BCUT2D eigenvalue weighted by Crippen LogP contribution is -2.26. The summed E-state index contributed by atoms with van der Waals surface area (Å²) in [6.45, 7) is 8.03. The van der Waals surface area contributed by atoms with Gasteiger partial charge in [-0.1, -0.05) is 32.9 Å². The molecular weight excluding hydrogens is 224 g/mol. The maximum atomic E-state index is 11.8. The molecule has 0 unspecified atom stereocenters. The van der Waals surface area contributed by atoms with Gasteiger partial charge in [-0.15, -0.1) is 0 Å². The molecule has 0 bridgehead atoms. The van der Waals surface area contributed by atoms with Gasteiger partial charge in [0.15, 0.2) is 0 Å². The lowest BCUT2D eigenvalue weighted by atomic mass is 9.92. The highest BCUT2D eigenvalue weighted by Crippen LogP contribution is 2.17. The molecule has 2 aromatic rings. The first kappa shape index (κ1) is 12.6. The van der Waals surface area contributed by atoms with Crippen LogP contribution >= 0.6 is 0 Å². The molecule has 0 aliphatic heterocycles. The summed E-state index contributed by atoms with van der Waals surface area (Å²) in [4.78, 5) is 11.8. The average Bonchev–Trinajstić information content (AvgIpc) is 2.28. The number of benzene rings is 1. The summed E-state index contributed by atoms with van der Waals surface area (Å²) in [6, 6.07) is 9.63. The zero-order chi connectivity index (χ0) is 13.3. The van der Waals surface area contributed by atoms with Gasteiger partial charge in [0.05, 0.1) is 5.69 Å². The summed E-state index contributed by atoms with van der Waals surface area (Å²) in [6.07, 6.45) is 1.71. The molecule has 0 fully saturated rings. The van der Waals surface area contributed by atoms with Gasteiger partial charge in [0.2, 0.25) is 5.43 Å². The van der Waals surface area contributed by atoms with Crippen LogP contribution in [0.4, 0.5) is 0 Å². The van der Waals surface area contributed by atoms with Crippen LogP contribution in [0.25, 0.3) is 5.69 Å². The smallest absolute Gasteiger partial charge is 0.203 e. The van der Waals surface area contributed by atoms with Crippen LogP contribution in [-0.4, -0.2) is 9.78 Å². The van der Waals surface area contributed by atoms with Crippen LogP contribution in [0.2, 0.25) is 0 Å². The van der Waals surface area contributed by atoms with Crippen LogP contribution in [0.15, 0.2) is 41.3 Å². The van der Waals surface area contributed by atoms with E-state index in [0.29, 0.717) is 5.69 Å². The predicted molar refractivity (Wildman–Crippen MR) is 73.3 cm³/mol. The minimum Gasteiger partial charge on any atom is -0.288 e. The van der Waals surface area contributed by atoms with Gasteiger partial charge in [-0.2, -0.15) is 5.10 Å². The molecule has 1 aromatic carbocycles. The maximum Gasteiger partial charge on any atom is 0.203 e. The number of hydrogen-bond donors (Lipinski definition) is 0. The molecule has 0 amide bonds. The van der Waals surface area contributed by atoms with E-state index >= 15 is 0 Å². The largest absolute Gasteiger partial charge is 0.288 e. The summed E-state index contributed by atoms with van der Waals surface area (Å²) in [7, 11) is 0. The highest BCUT2D eigenvalue weighted by molar-refractivity contribution is 5.34. The highest BCUT2D eigenvalue weighted by atomic mass is 16.1. The number of aryl methyl sites for hydroxylation is 1. The van der Waals surface area contributed by atoms with E-state index in [1.807, 2.05) is 52.0 Å². The normalized spacial score (nSPS) is 11.6. The van der Waals surface area contributed by atoms with E-state index in [4.69, 9.17) is 0 Å². The molecule has 0 N–H and O–H groups in total. The van der Waals surface area contributed by atoms with E-state index in [1.54, 1.807) is 16.9 Å². The molecular formula is C15H18N2O. The van der Waals surface area contributed by atoms with Crippen molar-refractivity contribution in [2.45, 2.75) is 33.1 Å². The van der Waals surface area contributed by atoms with Crippen molar-refractivity contribution in [2.75, 3.05) is 0 Å². The van der Waals surface area contributed by atoms with E-state index in [2.05, 4.69) is 5.10 Å². The summed E-state index contributed by atoms with van der Waals surface area (Å²) in [5.41, 5.74) is 2.48. The van der Waals surface area contributed by atoms with E-state index < -0.39 is 0 Å². The zero-order valence-corrected chi connectivity index (χ0v) is 11.3. The zero-order valence-electron chi connectivity index (χ0n) is 11.3. The van der Waals surface area contributed by atoms with Gasteiger partial charge in [0.1, 0.15) is 5.69 Å². The molecule has 3 heteroatoms. The number of aromatic nitrogens is 2. The Morgan fingerprint density at radius 2 is 1.89 bits per heavy atom. The van der Waals surface area contributed by atoms with E-state index in [1.165, 1.54) is 5.56 Å². The maximum absolute atomic E-state index is 11.8. The molecule has 94 valence electrons. The van der Waals surface area contributed by atoms with Crippen molar-refractivity contribution < 1.29 is 0 Å². The van der Waals surface area contributed by atoms with Gasteiger partial charge in [-0.25, -0.2) is 4.68 Å². The van der Waals surface area contributed by atoms with Crippen molar-refractivity contribution >= 4 is 0 Å². The Morgan fingerprint density at radius 1 is 1.17 bits per heavy atom. The second-order valence-corrected chi connectivity index (χ2v) is 5.56. The molecule has 0 saturated heterocycles. The van der Waals surface area contributed by atoms with Crippen LogP contribution in [0.3, 0.4) is 0 Å². The fraction of sp³-hybridized carbons (Fsp3) is 0.333. The van der Waals surface area contributed by atoms with Crippen molar-refractivity contribution in [1.29, 1.82) is 0 Å². The van der Waals surface area contributed by atoms with Crippen molar-refractivity contribution in [3.05, 3.63) is 58.0 Å². The molecule has 0 aliphatic rings. The fourth-order valence-corrected chi connectivity index (χ4v) is 1.84. The summed E-state index contributed by atoms with van der Waals surface area (Å²) >= 11 is 0. The molecule has 0 atom stereocenters. The molecule has 3 nitrogen and oxygen atoms in total. The number of rotatable bonds is 1. The molecule has 0 spiro atoms. The Labute approximate surface area is 107 Å². The fourth-order valence-electron chi connectivity index (χ4n) is 1.84. The Bertz CT molecular complexity index is 621. The van der Waals surface area contributed by atoms with Gasteiger partial charge >= 0.3 is 0 Å². The first-order valence-electron chi connectivity index (χ1n) is 6.05. The third-order valence-electron chi connectivity index (χ3n) is 2.78. The second-order valence-electron chi connectivity index (χ2n) is 5.56. The SMILES string of the molecule is Cc1cccc(-n2ccc(=O)c(C(C)(C)C)n2)c1. The summed E-state index contributed by atoms with van der Waals surface area (Å²) in [5.74, 6) is 0. The van der Waals surface area contributed by atoms with E-state index in [0.717, 1.165) is 5.69 Å². The first-order valence-corrected chi connectivity index (χ1v) is 6.05. The van der Waals surface area contributed by atoms with Crippen LogP contribution in [0.1, 0.15) is 32.0 Å². The first-order chi connectivity index (χ1) is 8.38. The monoisotopic (exact) mass is 242 g/mol. The Balaban J connectivity index is 2.58. The second kappa shape index (κ2) is 4.41. The van der Waals surface area contributed by atoms with Crippen molar-refractivity contribution in [3.8, 4) is 5.69 Å². The molecule has 1 aromatic heterocycles.